The van der Waals surface area contributed by atoms with Gasteiger partial charge < -0.3 is 4.74 Å². The van der Waals surface area contributed by atoms with Crippen LogP contribution in [-0.2, 0) is 14.8 Å². The first-order valence-electron chi connectivity index (χ1n) is 7.11. The van der Waals surface area contributed by atoms with E-state index in [1.807, 2.05) is 0 Å². The van der Waals surface area contributed by atoms with Gasteiger partial charge in [0.1, 0.15) is 0 Å². The Bertz CT molecular complexity index is 922. The molecule has 0 heterocycles. The molecular weight excluding hydrogens is 348 g/mol. The van der Waals surface area contributed by atoms with Crippen molar-refractivity contribution in [1.29, 1.82) is 0 Å². The number of carbonyl (C=O) groups excluding carboxylic acids is 1. The highest BCUT2D eigenvalue weighted by molar-refractivity contribution is 7.92. The Morgan fingerprint density at radius 1 is 1.16 bits per heavy atom. The molecule has 0 spiro atoms. The second-order valence-corrected chi connectivity index (χ2v) is 7.16. The second-order valence-electron chi connectivity index (χ2n) is 5.22. The molecule has 0 unspecified atom stereocenters. The summed E-state index contributed by atoms with van der Waals surface area (Å²) in [5.74, 6) is -0.536. The van der Waals surface area contributed by atoms with Crippen LogP contribution in [0.2, 0.25) is 0 Å². The van der Waals surface area contributed by atoms with Crippen LogP contribution in [0.25, 0.3) is 0 Å². The predicted molar refractivity (Wildman–Crippen MR) is 91.2 cm³/mol. The van der Waals surface area contributed by atoms with Crippen LogP contribution in [0.3, 0.4) is 0 Å². The van der Waals surface area contributed by atoms with E-state index >= 15 is 0 Å². The highest BCUT2D eigenvalue weighted by Crippen LogP contribution is 2.27. The van der Waals surface area contributed by atoms with E-state index in [-0.39, 0.29) is 16.1 Å². The fourth-order valence-electron chi connectivity index (χ4n) is 2.19. The summed E-state index contributed by atoms with van der Waals surface area (Å²) in [4.78, 5) is 21.6. The molecule has 25 heavy (non-hydrogen) atoms. The summed E-state index contributed by atoms with van der Waals surface area (Å²) in [5, 5.41) is 10.9. The molecule has 0 aliphatic rings. The molecule has 0 saturated carbocycles. The Morgan fingerprint density at radius 2 is 1.76 bits per heavy atom. The van der Waals surface area contributed by atoms with E-state index < -0.39 is 20.9 Å². The number of methoxy groups -OCH3 is 1. The molecule has 0 saturated heterocycles. The Morgan fingerprint density at radius 3 is 2.28 bits per heavy atom. The lowest BCUT2D eigenvalue weighted by Crippen LogP contribution is -2.27. The Hall–Kier alpha value is -2.94. The molecule has 0 radical (unpaired) electrons. The summed E-state index contributed by atoms with van der Waals surface area (Å²) in [6.45, 7) is 1.56. The average Bonchev–Trinajstić information content (AvgIpc) is 2.60. The number of rotatable bonds is 5. The van der Waals surface area contributed by atoms with E-state index in [9.17, 15) is 23.3 Å². The van der Waals surface area contributed by atoms with Crippen molar-refractivity contribution in [2.75, 3.05) is 18.5 Å². The lowest BCUT2D eigenvalue weighted by molar-refractivity contribution is -0.385. The van der Waals surface area contributed by atoms with Crippen LogP contribution in [0.5, 0.6) is 0 Å². The first kappa shape index (κ1) is 18.4. The second kappa shape index (κ2) is 6.89. The standard InChI is InChI=1S/C16H16N2O6S/c1-11-4-7-14(18(20)21)10-15(11)25(22,23)17(2)13-8-5-12(6-9-13)16(19)24-3/h4-10H,1-3H3. The summed E-state index contributed by atoms with van der Waals surface area (Å²) < 4.78 is 31.2. The van der Waals surface area contributed by atoms with Crippen LogP contribution in [0.4, 0.5) is 11.4 Å². The van der Waals surface area contributed by atoms with Gasteiger partial charge in [0.05, 0.1) is 28.2 Å². The Kier molecular flexibility index (Phi) is 5.07. The molecule has 2 rings (SSSR count). The zero-order valence-electron chi connectivity index (χ0n) is 13.8. The van der Waals surface area contributed by atoms with Crippen LogP contribution in [-0.4, -0.2) is 33.5 Å². The van der Waals surface area contributed by atoms with Crippen LogP contribution in [0.1, 0.15) is 15.9 Å². The number of hydrogen-bond donors (Lipinski definition) is 0. The number of sulfonamides is 1. The van der Waals surface area contributed by atoms with E-state index in [0.717, 1.165) is 10.4 Å². The van der Waals surface area contributed by atoms with Crippen molar-refractivity contribution < 1.29 is 22.9 Å². The number of carbonyl (C=O) groups is 1. The monoisotopic (exact) mass is 364 g/mol. The molecule has 2 aromatic carbocycles. The molecule has 0 aromatic heterocycles. The van der Waals surface area contributed by atoms with Crippen molar-refractivity contribution in [2.45, 2.75) is 11.8 Å². The summed E-state index contributed by atoms with van der Waals surface area (Å²) in [6.07, 6.45) is 0. The van der Waals surface area contributed by atoms with Crippen LogP contribution in [0, 0.1) is 17.0 Å². The van der Waals surface area contributed by atoms with Gasteiger partial charge in [-0.1, -0.05) is 6.07 Å². The molecule has 9 heteroatoms. The minimum atomic E-state index is -4.00. The zero-order chi connectivity index (χ0) is 18.8. The van der Waals surface area contributed by atoms with Crippen molar-refractivity contribution in [3.63, 3.8) is 0 Å². The van der Waals surface area contributed by atoms with Crippen LogP contribution < -0.4 is 4.31 Å². The van der Waals surface area contributed by atoms with Gasteiger partial charge in [0.25, 0.3) is 15.7 Å². The van der Waals surface area contributed by atoms with Gasteiger partial charge >= 0.3 is 5.97 Å². The van der Waals surface area contributed by atoms with Gasteiger partial charge in [0, 0.05) is 19.2 Å². The SMILES string of the molecule is COC(=O)c1ccc(N(C)S(=O)(=O)c2cc([N+](=O)[O-])ccc2C)cc1. The van der Waals surface area contributed by atoms with Crippen molar-refractivity contribution in [3.8, 4) is 0 Å². The van der Waals surface area contributed by atoms with Gasteiger partial charge in [-0.05, 0) is 36.8 Å². The third-order valence-corrected chi connectivity index (χ3v) is 5.60. The topological polar surface area (TPSA) is 107 Å². The van der Waals surface area contributed by atoms with Crippen molar-refractivity contribution in [2.24, 2.45) is 0 Å². The molecule has 2 aromatic rings. The van der Waals surface area contributed by atoms with Crippen molar-refractivity contribution in [1.82, 2.24) is 0 Å². The fraction of sp³-hybridized carbons (Fsp3) is 0.188. The van der Waals surface area contributed by atoms with E-state index in [2.05, 4.69) is 4.74 Å². The molecule has 0 aliphatic carbocycles. The average molecular weight is 364 g/mol. The number of nitro groups is 1. The van der Waals surface area contributed by atoms with Gasteiger partial charge in [-0.25, -0.2) is 13.2 Å². The van der Waals surface area contributed by atoms with Crippen LogP contribution >= 0.6 is 0 Å². The smallest absolute Gasteiger partial charge is 0.337 e. The maximum Gasteiger partial charge on any atom is 0.337 e. The minimum Gasteiger partial charge on any atom is -0.465 e. The highest BCUT2D eigenvalue weighted by Gasteiger charge is 2.25. The molecule has 0 amide bonds. The summed E-state index contributed by atoms with van der Waals surface area (Å²) in [6, 6.07) is 9.46. The highest BCUT2D eigenvalue weighted by atomic mass is 32.2. The van der Waals surface area contributed by atoms with Gasteiger partial charge in [-0.2, -0.15) is 0 Å². The van der Waals surface area contributed by atoms with Gasteiger partial charge in [-0.3, -0.25) is 14.4 Å². The normalized spacial score (nSPS) is 11.0. The van der Waals surface area contributed by atoms with Gasteiger partial charge in [-0.15, -0.1) is 0 Å². The summed E-state index contributed by atoms with van der Waals surface area (Å²) in [5.41, 5.74) is 0.671. The number of benzene rings is 2. The maximum atomic E-state index is 12.8. The number of hydrogen-bond acceptors (Lipinski definition) is 6. The molecule has 8 nitrogen and oxygen atoms in total. The molecule has 132 valence electrons. The number of nitrogens with zero attached hydrogens (tertiary/aromatic N) is 2. The first-order valence-corrected chi connectivity index (χ1v) is 8.55. The molecular formula is C16H16N2O6S. The third kappa shape index (κ3) is 3.61. The maximum absolute atomic E-state index is 12.8. The number of ether oxygens (including phenoxy) is 1. The number of esters is 1. The van der Waals surface area contributed by atoms with Gasteiger partial charge in [0.15, 0.2) is 0 Å². The third-order valence-electron chi connectivity index (χ3n) is 3.67. The van der Waals surface area contributed by atoms with E-state index in [4.69, 9.17) is 0 Å². The Balaban J connectivity index is 2.44. The predicted octanol–water partition coefficient (Wildman–Crippen LogP) is 2.51. The molecule has 0 atom stereocenters. The summed E-state index contributed by atoms with van der Waals surface area (Å²) >= 11 is 0. The largest absolute Gasteiger partial charge is 0.465 e. The number of aryl methyl sites for hydroxylation is 1. The van der Waals surface area contributed by atoms with Crippen LogP contribution in [0.15, 0.2) is 47.4 Å². The quantitative estimate of drug-likeness (QED) is 0.458. The molecule has 0 N–H and O–H groups in total. The fourth-order valence-corrected chi connectivity index (χ4v) is 3.63. The number of anilines is 1. The lowest BCUT2D eigenvalue weighted by atomic mass is 10.2. The zero-order valence-corrected chi connectivity index (χ0v) is 14.6. The number of nitro benzene ring substituents is 1. The first-order chi connectivity index (χ1) is 11.7. The van der Waals surface area contributed by atoms with E-state index in [0.29, 0.717) is 11.3 Å². The van der Waals surface area contributed by atoms with Crippen molar-refractivity contribution in [3.05, 3.63) is 63.7 Å². The summed E-state index contributed by atoms with van der Waals surface area (Å²) in [7, 11) is -1.42. The Labute approximate surface area is 144 Å². The lowest BCUT2D eigenvalue weighted by Gasteiger charge is -2.20. The van der Waals surface area contributed by atoms with E-state index in [1.165, 1.54) is 50.6 Å². The molecule has 0 bridgehead atoms. The molecule has 0 fully saturated rings. The van der Waals surface area contributed by atoms with E-state index in [1.54, 1.807) is 6.92 Å². The minimum absolute atomic E-state index is 0.152. The number of non-ortho nitro benzene ring substituents is 1. The molecule has 0 aliphatic heterocycles. The van der Waals surface area contributed by atoms with Gasteiger partial charge in [0.2, 0.25) is 0 Å². The van der Waals surface area contributed by atoms with Crippen molar-refractivity contribution >= 4 is 27.4 Å².